The quantitative estimate of drug-likeness (QED) is 0.864. The lowest BCUT2D eigenvalue weighted by Gasteiger charge is -2.15. The summed E-state index contributed by atoms with van der Waals surface area (Å²) in [5.41, 5.74) is 0.997. The molecule has 122 valence electrons. The monoisotopic (exact) mass is 335 g/mol. The fraction of sp³-hybridized carbons (Fsp3) is 0.571. The van der Waals surface area contributed by atoms with Gasteiger partial charge in [0.25, 0.3) is 5.89 Å². The summed E-state index contributed by atoms with van der Waals surface area (Å²) < 4.78 is 10.7. The van der Waals surface area contributed by atoms with E-state index in [0.29, 0.717) is 18.1 Å². The van der Waals surface area contributed by atoms with E-state index in [-0.39, 0.29) is 18.6 Å². The molecule has 1 fully saturated rings. The van der Waals surface area contributed by atoms with Crippen LogP contribution in [0.4, 0.5) is 0 Å². The highest BCUT2D eigenvalue weighted by Gasteiger charge is 2.27. The number of nitrogens with one attached hydrogen (secondary N) is 1. The molecule has 1 aromatic heterocycles. The van der Waals surface area contributed by atoms with Gasteiger partial charge in [0.05, 0.1) is 19.5 Å². The molecule has 3 aliphatic rings. The number of amidine groups is 1. The minimum atomic E-state index is -0.0968. The predicted octanol–water partition coefficient (Wildman–Crippen LogP) is 1.19. The lowest BCUT2D eigenvalue weighted by Crippen LogP contribution is -2.28. The van der Waals surface area contributed by atoms with E-state index in [1.54, 1.807) is 11.8 Å². The van der Waals surface area contributed by atoms with E-state index in [9.17, 15) is 4.79 Å². The number of rotatable bonds is 5. The number of hydrogen-bond donors (Lipinski definition) is 1. The summed E-state index contributed by atoms with van der Waals surface area (Å²) in [6.07, 6.45) is 2.15. The van der Waals surface area contributed by atoms with Crippen LogP contribution >= 0.6 is 11.8 Å². The molecule has 0 aliphatic carbocycles. The Labute approximate surface area is 137 Å². The third-order valence-electron chi connectivity index (χ3n) is 3.92. The Bertz CT molecular complexity index is 665. The van der Waals surface area contributed by atoms with Gasteiger partial charge in [0.1, 0.15) is 6.10 Å². The zero-order chi connectivity index (χ0) is 15.6. The number of fused-ring (bicyclic) bond motifs is 1. The fourth-order valence-electron chi connectivity index (χ4n) is 2.76. The smallest absolute Gasteiger partial charge is 0.255 e. The van der Waals surface area contributed by atoms with Crippen molar-refractivity contribution in [1.29, 1.82) is 0 Å². The van der Waals surface area contributed by atoms with Crippen LogP contribution in [0.1, 0.15) is 37.1 Å². The van der Waals surface area contributed by atoms with Crippen LogP contribution in [0.2, 0.25) is 0 Å². The third kappa shape index (κ3) is 3.11. The second-order valence-corrected chi connectivity index (χ2v) is 6.38. The molecular weight excluding hydrogens is 318 g/mol. The summed E-state index contributed by atoms with van der Waals surface area (Å²) in [4.78, 5) is 22.8. The van der Waals surface area contributed by atoms with Crippen molar-refractivity contribution in [3.63, 3.8) is 0 Å². The molecule has 0 spiro atoms. The van der Waals surface area contributed by atoms with Crippen molar-refractivity contribution < 1.29 is 14.1 Å². The Hall–Kier alpha value is -1.87. The molecule has 1 amide bonds. The van der Waals surface area contributed by atoms with Crippen LogP contribution in [-0.2, 0) is 16.1 Å². The number of carbonyl (C=O) groups is 1. The van der Waals surface area contributed by atoms with E-state index in [0.717, 1.165) is 43.4 Å². The van der Waals surface area contributed by atoms with Crippen LogP contribution < -0.4 is 5.32 Å². The zero-order valence-corrected chi connectivity index (χ0v) is 13.3. The Kier molecular flexibility index (Phi) is 4.04. The van der Waals surface area contributed by atoms with Gasteiger partial charge in [-0.2, -0.15) is 4.98 Å². The average Bonchev–Trinajstić information content (AvgIpc) is 3.31. The summed E-state index contributed by atoms with van der Waals surface area (Å²) in [7, 11) is 0. The summed E-state index contributed by atoms with van der Waals surface area (Å²) in [5.74, 6) is 0.912. The van der Waals surface area contributed by atoms with Gasteiger partial charge < -0.3 is 19.5 Å². The van der Waals surface area contributed by atoms with Crippen LogP contribution in [0.25, 0.3) is 0 Å². The molecule has 1 atom stereocenters. The molecular formula is C14H17N5O3S. The summed E-state index contributed by atoms with van der Waals surface area (Å²) in [6.45, 7) is 2.65. The van der Waals surface area contributed by atoms with Crippen molar-refractivity contribution >= 4 is 22.8 Å². The second kappa shape index (κ2) is 6.32. The van der Waals surface area contributed by atoms with E-state index in [4.69, 9.17) is 9.26 Å². The molecule has 0 bridgehead atoms. The molecule has 3 aliphatic heterocycles. The zero-order valence-electron chi connectivity index (χ0n) is 12.5. The van der Waals surface area contributed by atoms with E-state index < -0.39 is 0 Å². The van der Waals surface area contributed by atoms with Gasteiger partial charge in [-0.3, -0.25) is 9.79 Å². The van der Waals surface area contributed by atoms with Crippen molar-refractivity contribution in [2.75, 3.05) is 19.7 Å². The molecule has 4 rings (SSSR count). The second-order valence-electron chi connectivity index (χ2n) is 5.55. The summed E-state index contributed by atoms with van der Waals surface area (Å²) in [6, 6.07) is 0. The number of amides is 1. The average molecular weight is 335 g/mol. The maximum Gasteiger partial charge on any atom is 0.255 e. The Morgan fingerprint density at radius 3 is 3.35 bits per heavy atom. The Balaban J connectivity index is 1.27. The first-order valence-electron chi connectivity index (χ1n) is 7.68. The number of aromatic nitrogens is 2. The first kappa shape index (κ1) is 14.7. The van der Waals surface area contributed by atoms with Crippen LogP contribution in [-0.4, -0.2) is 45.8 Å². The third-order valence-corrected chi connectivity index (χ3v) is 4.87. The van der Waals surface area contributed by atoms with Crippen LogP contribution in [0.15, 0.2) is 20.6 Å². The van der Waals surface area contributed by atoms with Crippen LogP contribution in [0.3, 0.4) is 0 Å². The van der Waals surface area contributed by atoms with Crippen molar-refractivity contribution in [2.45, 2.75) is 31.9 Å². The molecule has 1 N–H and O–H groups in total. The summed E-state index contributed by atoms with van der Waals surface area (Å²) in [5, 5.41) is 9.70. The molecule has 23 heavy (non-hydrogen) atoms. The van der Waals surface area contributed by atoms with E-state index in [2.05, 4.69) is 25.3 Å². The van der Waals surface area contributed by atoms with Crippen molar-refractivity contribution in [2.24, 2.45) is 4.99 Å². The minimum Gasteiger partial charge on any atom is -0.368 e. The first-order chi connectivity index (χ1) is 11.3. The van der Waals surface area contributed by atoms with Crippen LogP contribution in [0.5, 0.6) is 0 Å². The molecule has 1 unspecified atom stereocenters. The minimum absolute atomic E-state index is 0.0616. The fourth-order valence-corrected chi connectivity index (χ4v) is 3.72. The number of hydrogen-bond acceptors (Lipinski definition) is 8. The van der Waals surface area contributed by atoms with Gasteiger partial charge in [-0.15, -0.1) is 0 Å². The molecule has 4 heterocycles. The van der Waals surface area contributed by atoms with Crippen molar-refractivity contribution in [3.8, 4) is 0 Å². The SMILES string of the molecule is O=C(CC1=CSC2=NCCN12)NCc1noc(C2CCCO2)n1. The maximum absolute atomic E-state index is 12.1. The molecule has 8 nitrogen and oxygen atoms in total. The highest BCUT2D eigenvalue weighted by molar-refractivity contribution is 8.16. The first-order valence-corrected chi connectivity index (χ1v) is 8.56. The normalized spacial score (nSPS) is 23.0. The van der Waals surface area contributed by atoms with Crippen LogP contribution in [0, 0.1) is 0 Å². The Morgan fingerprint density at radius 1 is 1.52 bits per heavy atom. The van der Waals surface area contributed by atoms with Gasteiger partial charge in [-0.05, 0) is 18.2 Å². The van der Waals surface area contributed by atoms with E-state index in [1.165, 1.54) is 0 Å². The van der Waals surface area contributed by atoms with E-state index in [1.807, 2.05) is 5.41 Å². The number of nitrogens with zero attached hydrogens (tertiary/aromatic N) is 4. The number of aliphatic imine (C=N–C) groups is 1. The highest BCUT2D eigenvalue weighted by Crippen LogP contribution is 2.30. The lowest BCUT2D eigenvalue weighted by atomic mass is 10.2. The number of carbonyl (C=O) groups excluding carboxylic acids is 1. The Morgan fingerprint density at radius 2 is 2.48 bits per heavy atom. The van der Waals surface area contributed by atoms with Gasteiger partial charge in [0.15, 0.2) is 11.0 Å². The van der Waals surface area contributed by atoms with E-state index >= 15 is 0 Å². The molecule has 9 heteroatoms. The largest absolute Gasteiger partial charge is 0.368 e. The molecule has 1 saturated heterocycles. The lowest BCUT2D eigenvalue weighted by molar-refractivity contribution is -0.120. The maximum atomic E-state index is 12.1. The molecule has 1 aromatic rings. The molecule has 0 saturated carbocycles. The van der Waals surface area contributed by atoms with Gasteiger partial charge in [0.2, 0.25) is 5.91 Å². The molecule has 0 radical (unpaired) electrons. The number of thioether (sulfide) groups is 1. The highest BCUT2D eigenvalue weighted by atomic mass is 32.2. The predicted molar refractivity (Wildman–Crippen MR) is 83.4 cm³/mol. The van der Waals surface area contributed by atoms with Crippen molar-refractivity contribution in [1.82, 2.24) is 20.4 Å². The number of ether oxygens (including phenoxy) is 1. The molecule has 0 aromatic carbocycles. The standard InChI is InChI=1S/C14H17N5O3S/c20-12(6-9-8-23-14-15-3-4-19(9)14)16-7-11-17-13(22-18-11)10-2-1-5-21-10/h8,10H,1-7H2,(H,16,20). The van der Waals surface area contributed by atoms with Gasteiger partial charge in [-0.1, -0.05) is 16.9 Å². The summed E-state index contributed by atoms with van der Waals surface area (Å²) >= 11 is 1.58. The van der Waals surface area contributed by atoms with Gasteiger partial charge >= 0.3 is 0 Å². The van der Waals surface area contributed by atoms with Gasteiger partial charge in [0, 0.05) is 18.8 Å². The topological polar surface area (TPSA) is 92.9 Å². The van der Waals surface area contributed by atoms with Gasteiger partial charge in [-0.25, -0.2) is 0 Å². The van der Waals surface area contributed by atoms with Crippen molar-refractivity contribution in [3.05, 3.63) is 22.8 Å².